The van der Waals surface area contributed by atoms with Crippen LogP contribution in [0.25, 0.3) is 6.08 Å². The smallest absolute Gasteiger partial charge is 0.266 e. The van der Waals surface area contributed by atoms with Gasteiger partial charge >= 0.3 is 0 Å². The fourth-order valence-corrected chi connectivity index (χ4v) is 3.74. The van der Waals surface area contributed by atoms with Gasteiger partial charge in [0.25, 0.3) is 5.91 Å². The second-order valence-corrected chi connectivity index (χ2v) is 7.48. The maximum atomic E-state index is 12.6. The molecule has 0 radical (unpaired) electrons. The molecule has 1 aliphatic rings. The van der Waals surface area contributed by atoms with Crippen molar-refractivity contribution in [3.8, 4) is 5.75 Å². The lowest BCUT2D eigenvalue weighted by molar-refractivity contribution is -0.128. The number of carbonyl (C=O) groups excluding carboxylic acids is 2. The van der Waals surface area contributed by atoms with E-state index in [1.54, 1.807) is 13.2 Å². The third-order valence-corrected chi connectivity index (χ3v) is 5.30. The van der Waals surface area contributed by atoms with Gasteiger partial charge in [0.05, 0.1) is 12.0 Å². The van der Waals surface area contributed by atoms with E-state index in [1.807, 2.05) is 54.6 Å². The number of benzene rings is 2. The molecule has 0 aromatic heterocycles. The molecule has 1 saturated heterocycles. The van der Waals surface area contributed by atoms with Gasteiger partial charge in [0.15, 0.2) is 0 Å². The quantitative estimate of drug-likeness (QED) is 0.598. The zero-order valence-corrected chi connectivity index (χ0v) is 16.3. The number of thiocarbonyl (C=S) groups is 1. The summed E-state index contributed by atoms with van der Waals surface area (Å²) in [7, 11) is 1.60. The topological polar surface area (TPSA) is 58.6 Å². The molecular weight excluding hydrogens is 380 g/mol. The average Bonchev–Trinajstić information content (AvgIpc) is 2.95. The number of thioether (sulfide) groups is 1. The molecule has 1 N–H and O–H groups in total. The number of hydrogen-bond donors (Lipinski definition) is 1. The van der Waals surface area contributed by atoms with Crippen molar-refractivity contribution in [2.45, 2.75) is 6.54 Å². The van der Waals surface area contributed by atoms with Crippen molar-refractivity contribution >= 4 is 46.2 Å². The fourth-order valence-electron chi connectivity index (χ4n) is 2.48. The normalized spacial score (nSPS) is 15.3. The van der Waals surface area contributed by atoms with Crippen molar-refractivity contribution in [3.05, 3.63) is 70.6 Å². The highest BCUT2D eigenvalue weighted by Gasteiger charge is 2.33. The summed E-state index contributed by atoms with van der Waals surface area (Å²) in [5, 5.41) is 2.81. The largest absolute Gasteiger partial charge is 0.497 e. The van der Waals surface area contributed by atoms with Crippen LogP contribution in [0, 0.1) is 0 Å². The second kappa shape index (κ2) is 8.83. The zero-order chi connectivity index (χ0) is 19.2. The summed E-state index contributed by atoms with van der Waals surface area (Å²) < 4.78 is 5.51. The van der Waals surface area contributed by atoms with Gasteiger partial charge < -0.3 is 10.1 Å². The summed E-state index contributed by atoms with van der Waals surface area (Å²) in [6.07, 6.45) is 1.76. The third kappa shape index (κ3) is 4.96. The summed E-state index contributed by atoms with van der Waals surface area (Å²) in [4.78, 5) is 26.6. The number of nitrogens with zero attached hydrogens (tertiary/aromatic N) is 1. The molecule has 138 valence electrons. The Kier molecular flexibility index (Phi) is 6.26. The molecule has 5 nitrogen and oxygen atoms in total. The molecule has 27 heavy (non-hydrogen) atoms. The van der Waals surface area contributed by atoms with Gasteiger partial charge in [-0.15, -0.1) is 0 Å². The van der Waals surface area contributed by atoms with E-state index in [-0.39, 0.29) is 18.4 Å². The van der Waals surface area contributed by atoms with E-state index in [4.69, 9.17) is 17.0 Å². The van der Waals surface area contributed by atoms with Gasteiger partial charge in [-0.2, -0.15) is 0 Å². The van der Waals surface area contributed by atoms with Gasteiger partial charge in [-0.1, -0.05) is 66.4 Å². The van der Waals surface area contributed by atoms with Crippen molar-refractivity contribution in [2.75, 3.05) is 13.7 Å². The lowest BCUT2D eigenvalue weighted by atomic mass is 10.2. The monoisotopic (exact) mass is 398 g/mol. The predicted molar refractivity (Wildman–Crippen MR) is 111 cm³/mol. The first-order valence-corrected chi connectivity index (χ1v) is 9.49. The summed E-state index contributed by atoms with van der Waals surface area (Å²) in [6.45, 7) is 0.327. The second-order valence-electron chi connectivity index (χ2n) is 5.80. The van der Waals surface area contributed by atoms with Gasteiger partial charge in [-0.05, 0) is 29.3 Å². The van der Waals surface area contributed by atoms with Crippen molar-refractivity contribution in [2.24, 2.45) is 0 Å². The molecule has 0 unspecified atom stereocenters. The van der Waals surface area contributed by atoms with E-state index in [9.17, 15) is 9.59 Å². The number of methoxy groups -OCH3 is 1. The molecule has 2 aromatic carbocycles. The molecule has 1 fully saturated rings. The van der Waals surface area contributed by atoms with Crippen LogP contribution < -0.4 is 10.1 Å². The predicted octanol–water partition coefficient (Wildman–Crippen LogP) is 3.21. The molecule has 1 aliphatic heterocycles. The third-order valence-electron chi connectivity index (χ3n) is 3.92. The number of nitrogens with one attached hydrogen (secondary N) is 1. The van der Waals surface area contributed by atoms with Gasteiger partial charge in [-0.3, -0.25) is 14.5 Å². The van der Waals surface area contributed by atoms with Crippen molar-refractivity contribution in [1.29, 1.82) is 0 Å². The maximum absolute atomic E-state index is 12.6. The first kappa shape index (κ1) is 19.1. The van der Waals surface area contributed by atoms with E-state index in [1.165, 1.54) is 16.7 Å². The van der Waals surface area contributed by atoms with E-state index in [2.05, 4.69) is 5.32 Å². The highest BCUT2D eigenvalue weighted by Crippen LogP contribution is 2.32. The van der Waals surface area contributed by atoms with Crippen LogP contribution in [0.2, 0.25) is 0 Å². The Morgan fingerprint density at radius 1 is 1.19 bits per heavy atom. The maximum Gasteiger partial charge on any atom is 0.266 e. The van der Waals surface area contributed by atoms with Crippen LogP contribution >= 0.6 is 24.0 Å². The molecule has 0 spiro atoms. The standard InChI is InChI=1S/C20H18N2O3S2/c1-25-16-9-7-14(8-10-16)11-17-19(24)22(20(26)27-17)13-18(23)21-12-15-5-3-2-4-6-15/h2-11H,12-13H2,1H3,(H,21,23)/b17-11+. The number of amides is 2. The van der Waals surface area contributed by atoms with Crippen LogP contribution in [-0.4, -0.2) is 34.7 Å². The minimum absolute atomic E-state index is 0.0859. The minimum Gasteiger partial charge on any atom is -0.497 e. The number of rotatable bonds is 6. The molecule has 2 aromatic rings. The van der Waals surface area contributed by atoms with Crippen molar-refractivity contribution < 1.29 is 14.3 Å². The first-order valence-electron chi connectivity index (χ1n) is 8.27. The van der Waals surface area contributed by atoms with Gasteiger partial charge in [0.1, 0.15) is 16.6 Å². The molecule has 0 aliphatic carbocycles. The Morgan fingerprint density at radius 3 is 2.56 bits per heavy atom. The zero-order valence-electron chi connectivity index (χ0n) is 14.7. The molecule has 0 atom stereocenters. The van der Waals surface area contributed by atoms with Crippen LogP contribution in [0.1, 0.15) is 11.1 Å². The van der Waals surface area contributed by atoms with Gasteiger partial charge in [0, 0.05) is 6.54 Å². The van der Waals surface area contributed by atoms with E-state index in [0.717, 1.165) is 16.9 Å². The highest BCUT2D eigenvalue weighted by molar-refractivity contribution is 8.26. The van der Waals surface area contributed by atoms with Crippen LogP contribution in [0.4, 0.5) is 0 Å². The fraction of sp³-hybridized carbons (Fsp3) is 0.150. The Balaban J connectivity index is 1.61. The van der Waals surface area contributed by atoms with Crippen LogP contribution in [0.15, 0.2) is 59.5 Å². The van der Waals surface area contributed by atoms with Gasteiger partial charge in [0.2, 0.25) is 5.91 Å². The highest BCUT2D eigenvalue weighted by atomic mass is 32.2. The SMILES string of the molecule is COc1ccc(/C=C2/SC(=S)N(CC(=O)NCc3ccccc3)C2=O)cc1. The van der Waals surface area contributed by atoms with E-state index in [0.29, 0.717) is 15.8 Å². The Bertz CT molecular complexity index is 880. The molecule has 0 bridgehead atoms. The summed E-state index contributed by atoms with van der Waals surface area (Å²) in [5.74, 6) is 0.242. The summed E-state index contributed by atoms with van der Waals surface area (Å²) in [5.41, 5.74) is 1.86. The molecule has 2 amide bonds. The molecule has 7 heteroatoms. The van der Waals surface area contributed by atoms with E-state index < -0.39 is 0 Å². The summed E-state index contributed by atoms with van der Waals surface area (Å²) in [6, 6.07) is 17.0. The molecule has 1 heterocycles. The first-order chi connectivity index (χ1) is 13.1. The Labute approximate surface area is 167 Å². The molecular formula is C20H18N2O3S2. The lowest BCUT2D eigenvalue weighted by Gasteiger charge is -2.14. The van der Waals surface area contributed by atoms with Crippen molar-refractivity contribution in [1.82, 2.24) is 10.2 Å². The number of hydrogen-bond acceptors (Lipinski definition) is 5. The summed E-state index contributed by atoms with van der Waals surface area (Å²) >= 11 is 6.47. The van der Waals surface area contributed by atoms with Crippen LogP contribution in [0.5, 0.6) is 5.75 Å². The van der Waals surface area contributed by atoms with Crippen LogP contribution in [-0.2, 0) is 16.1 Å². The average molecular weight is 399 g/mol. The number of carbonyl (C=O) groups is 2. The van der Waals surface area contributed by atoms with E-state index >= 15 is 0 Å². The van der Waals surface area contributed by atoms with Crippen LogP contribution in [0.3, 0.4) is 0 Å². The van der Waals surface area contributed by atoms with Crippen molar-refractivity contribution in [3.63, 3.8) is 0 Å². The molecule has 3 rings (SSSR count). The Hall–Kier alpha value is -2.64. The Morgan fingerprint density at radius 2 is 1.89 bits per heavy atom. The van der Waals surface area contributed by atoms with Gasteiger partial charge in [-0.25, -0.2) is 0 Å². The number of ether oxygens (including phenoxy) is 1. The minimum atomic E-state index is -0.254. The molecule has 0 saturated carbocycles. The lowest BCUT2D eigenvalue weighted by Crippen LogP contribution is -2.39.